The Morgan fingerprint density at radius 2 is 1.32 bits per heavy atom. The summed E-state index contributed by atoms with van der Waals surface area (Å²) in [5.41, 5.74) is 10.5. The van der Waals surface area contributed by atoms with Crippen molar-refractivity contribution in [3.63, 3.8) is 0 Å². The second-order valence-corrected chi connectivity index (χ2v) is 12.2. The van der Waals surface area contributed by atoms with Crippen molar-refractivity contribution < 1.29 is 4.74 Å². The minimum atomic E-state index is 0.0407. The average molecular weight is 609 g/mol. The highest BCUT2D eigenvalue weighted by atomic mass is 16.5. The van der Waals surface area contributed by atoms with Gasteiger partial charge < -0.3 is 14.2 Å². The number of para-hydroxylation sites is 2. The van der Waals surface area contributed by atoms with E-state index < -0.39 is 0 Å². The van der Waals surface area contributed by atoms with Crippen LogP contribution in [-0.2, 0) is 17.6 Å². The molecule has 47 heavy (non-hydrogen) atoms. The molecule has 0 unspecified atom stereocenters. The Morgan fingerprint density at radius 3 is 1.89 bits per heavy atom. The molecule has 5 heteroatoms. The summed E-state index contributed by atoms with van der Waals surface area (Å²) >= 11 is 0. The molecular formula is C42H32N4O. The van der Waals surface area contributed by atoms with E-state index in [0.29, 0.717) is 17.1 Å². The monoisotopic (exact) mass is 608 g/mol. The lowest BCUT2D eigenvalue weighted by atomic mass is 9.90. The van der Waals surface area contributed by atoms with E-state index >= 15 is 0 Å². The number of hydrogen-bond acceptors (Lipinski definition) is 3. The molecule has 226 valence electrons. The number of aryl methyl sites for hydroxylation is 2. The van der Waals surface area contributed by atoms with E-state index in [-0.39, 0.29) is 5.70 Å². The fourth-order valence-corrected chi connectivity index (χ4v) is 7.22. The van der Waals surface area contributed by atoms with Crippen LogP contribution in [0.4, 0.5) is 5.69 Å². The fourth-order valence-electron chi connectivity index (χ4n) is 7.22. The Labute approximate surface area is 274 Å². The number of allylic oxidation sites excluding steroid dienone is 6. The molecule has 4 heterocycles. The van der Waals surface area contributed by atoms with Gasteiger partial charge in [0.15, 0.2) is 0 Å². The molecule has 0 spiro atoms. The Balaban J connectivity index is 1.06. The largest absolute Gasteiger partial charge is 0.457 e. The van der Waals surface area contributed by atoms with Crippen molar-refractivity contribution in [3.8, 4) is 11.8 Å². The predicted molar refractivity (Wildman–Crippen MR) is 191 cm³/mol. The number of hydrogen-bond donors (Lipinski definition) is 0. The van der Waals surface area contributed by atoms with Crippen LogP contribution in [0, 0.1) is 17.9 Å². The Kier molecular flexibility index (Phi) is 7.29. The molecule has 8 rings (SSSR count). The van der Waals surface area contributed by atoms with Crippen LogP contribution in [-0.4, -0.2) is 17.7 Å². The molecule has 5 aromatic rings. The van der Waals surface area contributed by atoms with Crippen LogP contribution >= 0.6 is 0 Å². The van der Waals surface area contributed by atoms with Gasteiger partial charge in [-0.25, -0.2) is 10.1 Å². The predicted octanol–water partition coefficient (Wildman–Crippen LogP) is 9.70. The van der Waals surface area contributed by atoms with E-state index in [2.05, 4.69) is 105 Å². The summed E-state index contributed by atoms with van der Waals surface area (Å²) in [6.45, 7) is 9.85. The maximum atomic E-state index is 9.64. The maximum Gasteiger partial charge on any atom is 0.269 e. The Morgan fingerprint density at radius 1 is 0.745 bits per heavy atom. The molecule has 3 aliphatic heterocycles. The second kappa shape index (κ2) is 12.0. The zero-order valence-electron chi connectivity index (χ0n) is 26.0. The first kappa shape index (κ1) is 28.4. The normalized spacial score (nSPS) is 16.9. The van der Waals surface area contributed by atoms with Gasteiger partial charge in [-0.3, -0.25) is 0 Å². The van der Waals surface area contributed by atoms with Crippen molar-refractivity contribution in [3.05, 3.63) is 166 Å². The quantitative estimate of drug-likeness (QED) is 0.147. The van der Waals surface area contributed by atoms with Crippen LogP contribution in [0.5, 0.6) is 0 Å². The third-order valence-corrected chi connectivity index (χ3v) is 9.29. The lowest BCUT2D eigenvalue weighted by Crippen LogP contribution is -2.34. The Bertz CT molecular complexity index is 2200. The molecule has 0 fully saturated rings. The van der Waals surface area contributed by atoms with Crippen molar-refractivity contribution in [1.82, 2.24) is 4.57 Å². The number of nitriles is 1. The van der Waals surface area contributed by atoms with Gasteiger partial charge >= 0.3 is 0 Å². The van der Waals surface area contributed by atoms with Crippen LogP contribution in [0.25, 0.3) is 44.5 Å². The summed E-state index contributed by atoms with van der Waals surface area (Å²) in [7, 11) is 0. The Hall–Kier alpha value is -6.04. The van der Waals surface area contributed by atoms with E-state index in [1.165, 1.54) is 51.5 Å². The number of benzene rings is 4. The molecule has 0 radical (unpaired) electrons. The minimum absolute atomic E-state index is 0.0407. The summed E-state index contributed by atoms with van der Waals surface area (Å²) in [5, 5.41) is 12.1. The molecule has 3 aliphatic rings. The summed E-state index contributed by atoms with van der Waals surface area (Å²) in [6, 6.07) is 32.1. The van der Waals surface area contributed by atoms with E-state index in [1.807, 2.05) is 24.3 Å². The summed E-state index contributed by atoms with van der Waals surface area (Å²) in [5.74, 6) is 1.16. The van der Waals surface area contributed by atoms with Gasteiger partial charge in [0.05, 0.1) is 23.7 Å². The van der Waals surface area contributed by atoms with Crippen LogP contribution in [0.1, 0.15) is 35.1 Å². The second-order valence-electron chi connectivity index (χ2n) is 12.2. The van der Waals surface area contributed by atoms with Crippen LogP contribution in [0.15, 0.2) is 132 Å². The zero-order chi connectivity index (χ0) is 31.7. The molecule has 5 nitrogen and oxygen atoms in total. The zero-order valence-corrected chi connectivity index (χ0v) is 26.0. The molecule has 4 aromatic carbocycles. The first-order valence-corrected chi connectivity index (χ1v) is 16.2. The van der Waals surface area contributed by atoms with E-state index in [9.17, 15) is 5.26 Å². The van der Waals surface area contributed by atoms with Crippen molar-refractivity contribution in [1.29, 1.82) is 5.26 Å². The third-order valence-electron chi connectivity index (χ3n) is 9.29. The SMILES string of the molecule is [C-]#[N+]C(C#N)=C1C=C(C=Cc2ccc(-n3c4ccccc4c4ccccc43)cc2)OC(C=Cc2cc3c4c(c2)CCCN4CCC3)=C1. The topological polar surface area (TPSA) is 45.6 Å². The van der Waals surface area contributed by atoms with Crippen molar-refractivity contribution in [2.24, 2.45) is 0 Å². The number of ether oxygens (including phenoxy) is 1. The lowest BCUT2D eigenvalue weighted by Gasteiger charge is -2.37. The number of rotatable bonds is 5. The van der Waals surface area contributed by atoms with Gasteiger partial charge in [-0.15, -0.1) is 0 Å². The standard InChI is InChI=1S/C42H32N4O/c1-44-39(28-43)33-26-35(47-36(27-33)21-17-30-24-31-8-6-22-45-23-7-9-32(25-30)42(31)45)20-16-29-14-18-34(19-15-29)46-40-12-4-2-10-37(40)38-11-3-5-13-41(38)46/h2-5,10-21,24-27H,6-9,22-23H2. The molecule has 0 saturated heterocycles. The number of anilines is 1. The van der Waals surface area contributed by atoms with Crippen molar-refractivity contribution in [2.45, 2.75) is 25.7 Å². The van der Waals surface area contributed by atoms with Gasteiger partial charge in [-0.2, -0.15) is 0 Å². The van der Waals surface area contributed by atoms with Crippen LogP contribution < -0.4 is 4.90 Å². The molecule has 0 amide bonds. The molecule has 1 aromatic heterocycles. The first-order valence-electron chi connectivity index (χ1n) is 16.2. The number of nitrogens with zero attached hydrogens (tertiary/aromatic N) is 4. The van der Waals surface area contributed by atoms with Crippen LogP contribution in [0.2, 0.25) is 0 Å². The molecule has 0 atom stereocenters. The molecule has 0 N–H and O–H groups in total. The summed E-state index contributed by atoms with van der Waals surface area (Å²) in [4.78, 5) is 6.01. The van der Waals surface area contributed by atoms with Gasteiger partial charge in [0.1, 0.15) is 11.5 Å². The highest BCUT2D eigenvalue weighted by Crippen LogP contribution is 2.37. The van der Waals surface area contributed by atoms with Crippen LogP contribution in [0.3, 0.4) is 0 Å². The van der Waals surface area contributed by atoms with Gasteiger partial charge in [-0.05, 0) is 114 Å². The summed E-state index contributed by atoms with van der Waals surface area (Å²) < 4.78 is 8.56. The molecule has 0 aliphatic carbocycles. The molecular weight excluding hydrogens is 576 g/mol. The first-order chi connectivity index (χ1) is 23.2. The molecule has 0 bridgehead atoms. The van der Waals surface area contributed by atoms with Gasteiger partial charge in [0, 0.05) is 35.2 Å². The summed E-state index contributed by atoms with van der Waals surface area (Å²) in [6.07, 6.45) is 16.1. The van der Waals surface area contributed by atoms with Gasteiger partial charge in [-0.1, -0.05) is 60.7 Å². The van der Waals surface area contributed by atoms with E-state index in [4.69, 9.17) is 11.3 Å². The smallest absolute Gasteiger partial charge is 0.269 e. The van der Waals surface area contributed by atoms with Crippen molar-refractivity contribution in [2.75, 3.05) is 18.0 Å². The van der Waals surface area contributed by atoms with Gasteiger partial charge in [0.2, 0.25) is 0 Å². The minimum Gasteiger partial charge on any atom is -0.457 e. The van der Waals surface area contributed by atoms with Gasteiger partial charge in [0.25, 0.3) is 5.70 Å². The molecule has 0 saturated carbocycles. The number of fused-ring (bicyclic) bond motifs is 3. The average Bonchev–Trinajstić information content (AvgIpc) is 3.45. The van der Waals surface area contributed by atoms with E-state index in [1.54, 1.807) is 12.2 Å². The highest BCUT2D eigenvalue weighted by molar-refractivity contribution is 6.09. The lowest BCUT2D eigenvalue weighted by molar-refractivity contribution is 0.332. The van der Waals surface area contributed by atoms with Crippen molar-refractivity contribution >= 4 is 39.6 Å². The fraction of sp³-hybridized carbons (Fsp3) is 0.143. The highest BCUT2D eigenvalue weighted by Gasteiger charge is 2.24. The number of aromatic nitrogens is 1. The maximum absolute atomic E-state index is 9.64. The van der Waals surface area contributed by atoms with E-state index in [0.717, 1.165) is 42.7 Å². The third kappa shape index (κ3) is 5.33.